The lowest BCUT2D eigenvalue weighted by molar-refractivity contribution is -0.116. The van der Waals surface area contributed by atoms with Crippen molar-refractivity contribution in [3.8, 4) is 0 Å². The largest absolute Gasteiger partial charge is 0.397 e. The number of nitrogens with zero attached hydrogens (tertiary/aromatic N) is 1. The topological polar surface area (TPSA) is 67.6 Å². The summed E-state index contributed by atoms with van der Waals surface area (Å²) in [6.45, 7) is 2.83. The van der Waals surface area contributed by atoms with Crippen LogP contribution in [0.1, 0.15) is 24.8 Å². The van der Waals surface area contributed by atoms with Gasteiger partial charge < -0.3 is 20.7 Å². The van der Waals surface area contributed by atoms with Gasteiger partial charge in [-0.3, -0.25) is 4.79 Å². The molecule has 3 rings (SSSR count). The van der Waals surface area contributed by atoms with Gasteiger partial charge in [-0.2, -0.15) is 0 Å². The number of hydrogen-bond acceptors (Lipinski definition) is 4. The first-order valence-electron chi connectivity index (χ1n) is 7.63. The zero-order valence-electron chi connectivity index (χ0n) is 12.5. The van der Waals surface area contributed by atoms with E-state index in [9.17, 15) is 4.79 Å². The van der Waals surface area contributed by atoms with Crippen LogP contribution in [0.3, 0.4) is 0 Å². The molecule has 1 aromatic rings. The van der Waals surface area contributed by atoms with E-state index in [0.29, 0.717) is 12.3 Å². The molecule has 0 radical (unpaired) electrons. The Balaban J connectivity index is 1.83. The Kier molecular flexibility index (Phi) is 4.01. The molecule has 1 saturated heterocycles. The van der Waals surface area contributed by atoms with Gasteiger partial charge in [-0.25, -0.2) is 0 Å². The number of carbonyl (C=O) groups is 1. The Morgan fingerprint density at radius 3 is 3.10 bits per heavy atom. The number of nitrogen functional groups attached to an aromatic ring is 1. The molecule has 0 saturated carbocycles. The van der Waals surface area contributed by atoms with E-state index in [1.165, 1.54) is 18.4 Å². The van der Waals surface area contributed by atoms with E-state index in [0.717, 1.165) is 43.2 Å². The highest BCUT2D eigenvalue weighted by Crippen LogP contribution is 2.35. The first-order valence-corrected chi connectivity index (χ1v) is 7.63. The van der Waals surface area contributed by atoms with Crippen molar-refractivity contribution in [2.75, 3.05) is 42.8 Å². The normalized spacial score (nSPS) is 21.9. The van der Waals surface area contributed by atoms with Gasteiger partial charge in [0, 0.05) is 32.3 Å². The molecular formula is C16H23N3O2. The molecule has 0 bridgehead atoms. The standard InChI is InChI=1S/C16H23N3O2/c1-21-10-11-3-2-6-19(9-11)15-7-12-4-5-16(20)18-14(12)8-13(15)17/h7-8,11H,2-6,9-10,17H2,1H3,(H,18,20). The molecule has 5 heteroatoms. The first kappa shape index (κ1) is 14.2. The number of hydrogen-bond donors (Lipinski definition) is 2. The summed E-state index contributed by atoms with van der Waals surface area (Å²) in [5.41, 5.74) is 10.1. The van der Waals surface area contributed by atoms with Gasteiger partial charge in [0.05, 0.1) is 18.0 Å². The molecular weight excluding hydrogens is 266 g/mol. The number of methoxy groups -OCH3 is 1. The number of ether oxygens (including phenoxy) is 1. The Bertz CT molecular complexity index is 543. The molecule has 114 valence electrons. The average Bonchev–Trinajstić information content (AvgIpc) is 2.47. The van der Waals surface area contributed by atoms with E-state index < -0.39 is 0 Å². The summed E-state index contributed by atoms with van der Waals surface area (Å²) in [7, 11) is 1.76. The molecule has 1 aromatic carbocycles. The third-order valence-corrected chi connectivity index (χ3v) is 4.41. The number of benzene rings is 1. The van der Waals surface area contributed by atoms with Crippen molar-refractivity contribution in [3.63, 3.8) is 0 Å². The van der Waals surface area contributed by atoms with Gasteiger partial charge in [0.25, 0.3) is 0 Å². The number of nitrogens with two attached hydrogens (primary N) is 1. The van der Waals surface area contributed by atoms with Crippen molar-refractivity contribution >= 4 is 23.0 Å². The van der Waals surface area contributed by atoms with Crippen molar-refractivity contribution in [1.29, 1.82) is 0 Å². The lowest BCUT2D eigenvalue weighted by Gasteiger charge is -2.35. The Morgan fingerprint density at radius 2 is 2.29 bits per heavy atom. The molecule has 0 aromatic heterocycles. The second-order valence-corrected chi connectivity index (χ2v) is 6.03. The van der Waals surface area contributed by atoms with Crippen LogP contribution < -0.4 is 16.0 Å². The van der Waals surface area contributed by atoms with Crippen molar-refractivity contribution in [2.24, 2.45) is 5.92 Å². The Morgan fingerprint density at radius 1 is 1.43 bits per heavy atom. The minimum Gasteiger partial charge on any atom is -0.397 e. The molecule has 0 aliphatic carbocycles. The first-order chi connectivity index (χ1) is 10.2. The number of fused-ring (bicyclic) bond motifs is 1. The van der Waals surface area contributed by atoms with E-state index in [2.05, 4.69) is 16.3 Å². The molecule has 1 unspecified atom stereocenters. The average molecular weight is 289 g/mol. The molecule has 21 heavy (non-hydrogen) atoms. The van der Waals surface area contributed by atoms with Crippen LogP contribution in [0, 0.1) is 5.92 Å². The number of anilines is 3. The molecule has 3 N–H and O–H groups in total. The lowest BCUT2D eigenvalue weighted by Crippen LogP contribution is -2.37. The number of piperidine rings is 1. The van der Waals surface area contributed by atoms with E-state index in [1.54, 1.807) is 7.11 Å². The van der Waals surface area contributed by atoms with Crippen LogP contribution in [-0.4, -0.2) is 32.7 Å². The van der Waals surface area contributed by atoms with Gasteiger partial charge in [0.15, 0.2) is 0 Å². The molecule has 1 fully saturated rings. The molecule has 1 amide bonds. The monoisotopic (exact) mass is 289 g/mol. The van der Waals surface area contributed by atoms with Gasteiger partial charge in [-0.05, 0) is 42.9 Å². The van der Waals surface area contributed by atoms with E-state index in [4.69, 9.17) is 10.5 Å². The number of nitrogens with one attached hydrogen (secondary N) is 1. The van der Waals surface area contributed by atoms with Crippen LogP contribution >= 0.6 is 0 Å². The van der Waals surface area contributed by atoms with Crippen LogP contribution in [0.15, 0.2) is 12.1 Å². The number of amides is 1. The minimum absolute atomic E-state index is 0.0766. The van der Waals surface area contributed by atoms with Gasteiger partial charge in [0.2, 0.25) is 5.91 Å². The third kappa shape index (κ3) is 2.97. The summed E-state index contributed by atoms with van der Waals surface area (Å²) in [5, 5.41) is 2.90. The van der Waals surface area contributed by atoms with E-state index >= 15 is 0 Å². The second-order valence-electron chi connectivity index (χ2n) is 6.03. The summed E-state index contributed by atoms with van der Waals surface area (Å²) in [6.07, 6.45) is 3.74. The maximum absolute atomic E-state index is 11.5. The van der Waals surface area contributed by atoms with E-state index in [-0.39, 0.29) is 5.91 Å². The zero-order valence-corrected chi connectivity index (χ0v) is 12.5. The fourth-order valence-corrected chi connectivity index (χ4v) is 3.36. The van der Waals surface area contributed by atoms with Crippen LogP contribution in [0.4, 0.5) is 17.1 Å². The number of aryl methyl sites for hydroxylation is 1. The molecule has 0 spiro atoms. The van der Waals surface area contributed by atoms with Crippen LogP contribution in [0.2, 0.25) is 0 Å². The lowest BCUT2D eigenvalue weighted by atomic mass is 9.96. The van der Waals surface area contributed by atoms with Crippen molar-refractivity contribution in [2.45, 2.75) is 25.7 Å². The minimum atomic E-state index is 0.0766. The van der Waals surface area contributed by atoms with Crippen molar-refractivity contribution < 1.29 is 9.53 Å². The second kappa shape index (κ2) is 5.93. The summed E-state index contributed by atoms with van der Waals surface area (Å²) >= 11 is 0. The summed E-state index contributed by atoms with van der Waals surface area (Å²) < 4.78 is 5.29. The van der Waals surface area contributed by atoms with Gasteiger partial charge in [-0.1, -0.05) is 0 Å². The Labute approximate surface area is 125 Å². The van der Waals surface area contributed by atoms with E-state index in [1.807, 2.05) is 6.07 Å². The summed E-state index contributed by atoms with van der Waals surface area (Å²) in [5.74, 6) is 0.645. The summed E-state index contributed by atoms with van der Waals surface area (Å²) in [6, 6.07) is 4.06. The molecule has 1 atom stereocenters. The molecule has 5 nitrogen and oxygen atoms in total. The summed E-state index contributed by atoms with van der Waals surface area (Å²) in [4.78, 5) is 13.8. The van der Waals surface area contributed by atoms with Crippen LogP contribution in [-0.2, 0) is 16.0 Å². The third-order valence-electron chi connectivity index (χ3n) is 4.41. The number of carbonyl (C=O) groups excluding carboxylic acids is 1. The maximum Gasteiger partial charge on any atom is 0.224 e. The van der Waals surface area contributed by atoms with Crippen molar-refractivity contribution in [1.82, 2.24) is 0 Å². The van der Waals surface area contributed by atoms with Crippen molar-refractivity contribution in [3.05, 3.63) is 17.7 Å². The molecule has 2 aliphatic heterocycles. The molecule has 2 aliphatic rings. The highest BCUT2D eigenvalue weighted by atomic mass is 16.5. The predicted octanol–water partition coefficient (Wildman–Crippen LogP) is 2.02. The van der Waals surface area contributed by atoms with Gasteiger partial charge >= 0.3 is 0 Å². The van der Waals surface area contributed by atoms with Gasteiger partial charge in [0.1, 0.15) is 0 Å². The Hall–Kier alpha value is -1.75. The predicted molar refractivity (Wildman–Crippen MR) is 84.6 cm³/mol. The van der Waals surface area contributed by atoms with Crippen LogP contribution in [0.5, 0.6) is 0 Å². The fraction of sp³-hybridized carbons (Fsp3) is 0.562. The van der Waals surface area contributed by atoms with Crippen LogP contribution in [0.25, 0.3) is 0 Å². The fourth-order valence-electron chi connectivity index (χ4n) is 3.36. The SMILES string of the molecule is COCC1CCCN(c2cc3c(cc2N)NC(=O)CC3)C1. The highest BCUT2D eigenvalue weighted by molar-refractivity contribution is 5.95. The zero-order chi connectivity index (χ0) is 14.8. The maximum atomic E-state index is 11.5. The quantitative estimate of drug-likeness (QED) is 0.835. The molecule has 2 heterocycles. The highest BCUT2D eigenvalue weighted by Gasteiger charge is 2.23. The smallest absolute Gasteiger partial charge is 0.224 e. The number of rotatable bonds is 3. The van der Waals surface area contributed by atoms with Gasteiger partial charge in [-0.15, -0.1) is 0 Å².